The molecule has 1 aromatic rings. The largest absolute Gasteiger partial charge is 0.444 e. The van der Waals surface area contributed by atoms with Gasteiger partial charge in [0.1, 0.15) is 11.6 Å². The van der Waals surface area contributed by atoms with E-state index in [1.165, 1.54) is 11.9 Å². The monoisotopic (exact) mass is 391 g/mol. The van der Waals surface area contributed by atoms with Crippen molar-refractivity contribution in [1.29, 1.82) is 0 Å². The summed E-state index contributed by atoms with van der Waals surface area (Å²) in [4.78, 5) is 42.3. The molecule has 0 bridgehead atoms. The number of rotatable bonds is 6. The SMILES string of the molecule is C[C@@H](C(=O)N[C@H](C(=O)c1ccc[nH]1)C1CCCCC1)N(C)C(=O)OC(C)(C)C. The number of carbonyl (C=O) groups excluding carboxylic acids is 3. The summed E-state index contributed by atoms with van der Waals surface area (Å²) in [5.74, 6) is -0.367. The number of Topliss-reactive ketones (excluding diaryl/α,β-unsaturated/α-hetero) is 1. The second kappa shape index (κ2) is 9.26. The highest BCUT2D eigenvalue weighted by Gasteiger charge is 2.34. The van der Waals surface area contributed by atoms with E-state index in [2.05, 4.69) is 10.3 Å². The first-order valence-electron chi connectivity index (χ1n) is 10.0. The van der Waals surface area contributed by atoms with Crippen LogP contribution in [0.1, 0.15) is 70.3 Å². The van der Waals surface area contributed by atoms with Gasteiger partial charge in [-0.05, 0) is 58.6 Å². The number of carbonyl (C=O) groups is 3. The molecule has 2 N–H and O–H groups in total. The Bertz CT molecular complexity index is 672. The van der Waals surface area contributed by atoms with Crippen LogP contribution in [0.15, 0.2) is 18.3 Å². The zero-order valence-electron chi connectivity index (χ0n) is 17.6. The van der Waals surface area contributed by atoms with Crippen LogP contribution >= 0.6 is 0 Å². The number of ether oxygens (including phenoxy) is 1. The van der Waals surface area contributed by atoms with E-state index in [1.807, 2.05) is 0 Å². The third-order valence-corrected chi connectivity index (χ3v) is 5.21. The minimum absolute atomic E-state index is 0.104. The number of aromatic amines is 1. The van der Waals surface area contributed by atoms with Crippen molar-refractivity contribution < 1.29 is 19.1 Å². The smallest absolute Gasteiger partial charge is 0.410 e. The molecule has 0 aliphatic heterocycles. The lowest BCUT2D eigenvalue weighted by atomic mass is 9.81. The van der Waals surface area contributed by atoms with Crippen molar-refractivity contribution >= 4 is 17.8 Å². The average Bonchev–Trinajstić information content (AvgIpc) is 3.18. The van der Waals surface area contributed by atoms with Gasteiger partial charge in [-0.2, -0.15) is 0 Å². The minimum atomic E-state index is -0.752. The van der Waals surface area contributed by atoms with Crippen LogP contribution in [-0.4, -0.2) is 52.4 Å². The van der Waals surface area contributed by atoms with Crippen molar-refractivity contribution in [3.63, 3.8) is 0 Å². The van der Waals surface area contributed by atoms with Crippen LogP contribution in [0.4, 0.5) is 4.79 Å². The Hall–Kier alpha value is -2.31. The number of amides is 2. The molecule has 1 aliphatic carbocycles. The Morgan fingerprint density at radius 1 is 1.21 bits per heavy atom. The molecule has 1 saturated carbocycles. The molecule has 1 aliphatic rings. The molecule has 28 heavy (non-hydrogen) atoms. The number of nitrogens with one attached hydrogen (secondary N) is 2. The lowest BCUT2D eigenvalue weighted by Gasteiger charge is -2.32. The maximum atomic E-state index is 13.0. The van der Waals surface area contributed by atoms with Gasteiger partial charge in [0.05, 0.1) is 11.7 Å². The van der Waals surface area contributed by atoms with Gasteiger partial charge >= 0.3 is 6.09 Å². The van der Waals surface area contributed by atoms with Crippen LogP contribution in [0.5, 0.6) is 0 Å². The molecule has 2 rings (SSSR count). The van der Waals surface area contributed by atoms with E-state index < -0.39 is 23.8 Å². The minimum Gasteiger partial charge on any atom is -0.444 e. The molecule has 2 amide bonds. The van der Waals surface area contributed by atoms with E-state index >= 15 is 0 Å². The van der Waals surface area contributed by atoms with Crippen LogP contribution < -0.4 is 5.32 Å². The summed E-state index contributed by atoms with van der Waals surface area (Å²) < 4.78 is 5.33. The van der Waals surface area contributed by atoms with E-state index in [-0.39, 0.29) is 17.6 Å². The molecule has 0 saturated heterocycles. The lowest BCUT2D eigenvalue weighted by Crippen LogP contribution is -2.54. The fourth-order valence-electron chi connectivity index (χ4n) is 3.46. The van der Waals surface area contributed by atoms with E-state index in [0.29, 0.717) is 5.69 Å². The number of likely N-dealkylation sites (N-methyl/N-ethyl adjacent to an activating group) is 1. The highest BCUT2D eigenvalue weighted by Crippen LogP contribution is 2.28. The Morgan fingerprint density at radius 2 is 1.86 bits per heavy atom. The third-order valence-electron chi connectivity index (χ3n) is 5.21. The summed E-state index contributed by atoms with van der Waals surface area (Å²) in [5.41, 5.74) is -0.153. The van der Waals surface area contributed by atoms with Crippen molar-refractivity contribution in [2.75, 3.05) is 7.05 Å². The quantitative estimate of drug-likeness (QED) is 0.726. The molecule has 0 aromatic carbocycles. The highest BCUT2D eigenvalue weighted by molar-refractivity contribution is 6.01. The Balaban J connectivity index is 2.10. The number of ketones is 1. The first-order valence-corrected chi connectivity index (χ1v) is 10.0. The Morgan fingerprint density at radius 3 is 2.39 bits per heavy atom. The summed E-state index contributed by atoms with van der Waals surface area (Å²) in [5, 5.41) is 2.92. The van der Waals surface area contributed by atoms with Gasteiger partial charge in [0.15, 0.2) is 0 Å². The summed E-state index contributed by atoms with van der Waals surface area (Å²) in [6.07, 6.45) is 6.23. The number of hydrogen-bond donors (Lipinski definition) is 2. The lowest BCUT2D eigenvalue weighted by molar-refractivity contribution is -0.126. The molecule has 0 spiro atoms. The zero-order chi connectivity index (χ0) is 20.9. The molecule has 1 heterocycles. The highest BCUT2D eigenvalue weighted by atomic mass is 16.6. The first-order chi connectivity index (χ1) is 13.1. The zero-order valence-corrected chi connectivity index (χ0v) is 17.6. The number of hydrogen-bond acceptors (Lipinski definition) is 4. The van der Waals surface area contributed by atoms with Gasteiger partial charge in [-0.3, -0.25) is 14.5 Å². The predicted molar refractivity (Wildman–Crippen MR) is 107 cm³/mol. The van der Waals surface area contributed by atoms with Crippen LogP contribution in [0.2, 0.25) is 0 Å². The van der Waals surface area contributed by atoms with Crippen LogP contribution in [-0.2, 0) is 9.53 Å². The molecule has 156 valence electrons. The normalized spacial score (nSPS) is 17.5. The third kappa shape index (κ3) is 5.84. The van der Waals surface area contributed by atoms with Crippen molar-refractivity contribution in [1.82, 2.24) is 15.2 Å². The average molecular weight is 392 g/mol. The van der Waals surface area contributed by atoms with Crippen LogP contribution in [0.25, 0.3) is 0 Å². The number of H-pyrrole nitrogens is 1. The number of aromatic nitrogens is 1. The van der Waals surface area contributed by atoms with Gasteiger partial charge in [-0.15, -0.1) is 0 Å². The second-order valence-electron chi connectivity index (χ2n) is 8.60. The maximum Gasteiger partial charge on any atom is 0.410 e. The molecule has 7 nitrogen and oxygen atoms in total. The number of nitrogens with zero attached hydrogens (tertiary/aromatic N) is 1. The molecular weight excluding hydrogens is 358 g/mol. The molecular formula is C21H33N3O4. The van der Waals surface area contributed by atoms with Crippen molar-refractivity contribution in [2.45, 2.75) is 77.5 Å². The maximum absolute atomic E-state index is 13.0. The Labute approximate surface area is 167 Å². The molecule has 0 unspecified atom stereocenters. The predicted octanol–water partition coefficient (Wildman–Crippen LogP) is 3.52. The first kappa shape index (κ1) is 22.0. The topological polar surface area (TPSA) is 91.5 Å². The molecule has 1 fully saturated rings. The van der Waals surface area contributed by atoms with Gasteiger partial charge < -0.3 is 15.0 Å². The van der Waals surface area contributed by atoms with E-state index in [4.69, 9.17) is 4.74 Å². The molecule has 7 heteroatoms. The Kier molecular flexibility index (Phi) is 7.27. The second-order valence-corrected chi connectivity index (χ2v) is 8.60. The van der Waals surface area contributed by atoms with Crippen LogP contribution in [0, 0.1) is 5.92 Å². The molecule has 0 radical (unpaired) electrons. The van der Waals surface area contributed by atoms with E-state index in [9.17, 15) is 14.4 Å². The standard InChI is InChI=1S/C21H33N3O4/c1-14(24(5)20(27)28-21(2,3)4)19(26)23-17(15-10-7-6-8-11-15)18(25)16-12-9-13-22-16/h9,12-15,17,22H,6-8,10-11H2,1-5H3,(H,23,26)/t14-,17-/m0/s1. The van der Waals surface area contributed by atoms with Crippen molar-refractivity contribution in [3.05, 3.63) is 24.0 Å². The fraction of sp³-hybridized carbons (Fsp3) is 0.667. The van der Waals surface area contributed by atoms with Gasteiger partial charge in [0.2, 0.25) is 11.7 Å². The van der Waals surface area contributed by atoms with Crippen LogP contribution in [0.3, 0.4) is 0 Å². The summed E-state index contributed by atoms with van der Waals surface area (Å²) >= 11 is 0. The molecule has 2 atom stereocenters. The van der Waals surface area contributed by atoms with Gasteiger partial charge in [-0.1, -0.05) is 19.3 Å². The van der Waals surface area contributed by atoms with E-state index in [0.717, 1.165) is 32.1 Å². The molecule has 1 aromatic heterocycles. The van der Waals surface area contributed by atoms with Gasteiger partial charge in [0.25, 0.3) is 0 Å². The van der Waals surface area contributed by atoms with E-state index in [1.54, 1.807) is 46.0 Å². The summed E-state index contributed by atoms with van der Waals surface area (Å²) in [6, 6.07) is 2.14. The summed E-state index contributed by atoms with van der Waals surface area (Å²) in [7, 11) is 1.53. The van der Waals surface area contributed by atoms with Crippen molar-refractivity contribution in [3.8, 4) is 0 Å². The summed E-state index contributed by atoms with van der Waals surface area (Å²) in [6.45, 7) is 6.96. The fourth-order valence-corrected chi connectivity index (χ4v) is 3.46. The van der Waals surface area contributed by atoms with Gasteiger partial charge in [-0.25, -0.2) is 4.79 Å². The van der Waals surface area contributed by atoms with Gasteiger partial charge in [0, 0.05) is 13.2 Å². The van der Waals surface area contributed by atoms with Crippen molar-refractivity contribution in [2.24, 2.45) is 5.92 Å².